The third-order valence-electron chi connectivity index (χ3n) is 3.23. The van der Waals surface area contributed by atoms with Crippen molar-refractivity contribution in [3.05, 3.63) is 0 Å². The molecule has 0 unspecified atom stereocenters. The van der Waals surface area contributed by atoms with Crippen LogP contribution < -0.4 is 5.32 Å². The average molecular weight is 298 g/mol. The van der Waals surface area contributed by atoms with Crippen molar-refractivity contribution in [1.29, 1.82) is 0 Å². The predicted octanol–water partition coefficient (Wildman–Crippen LogP) is 2.35. The van der Waals surface area contributed by atoms with Crippen LogP contribution in [0.3, 0.4) is 0 Å². The topological polar surface area (TPSA) is 52.6 Å². The second kappa shape index (κ2) is 9.18. The molecule has 1 fully saturated rings. The molecule has 0 aromatic rings. The number of halogens is 3. The molecule has 0 bridgehead atoms. The Kier molecular flexibility index (Phi) is 8.80. The minimum Gasteiger partial charge on any atom is -0.475 e. The van der Waals surface area contributed by atoms with Gasteiger partial charge in [0, 0.05) is 6.04 Å². The lowest BCUT2D eigenvalue weighted by Gasteiger charge is -2.31. The van der Waals surface area contributed by atoms with Gasteiger partial charge in [0.25, 0.3) is 0 Å². The number of carboxylic acids is 1. The first-order valence-corrected chi connectivity index (χ1v) is 6.85. The van der Waals surface area contributed by atoms with Gasteiger partial charge in [-0.15, -0.1) is 0 Å². The molecule has 1 rings (SSSR count). The molecule has 0 radical (unpaired) electrons. The van der Waals surface area contributed by atoms with Crippen LogP contribution in [0.1, 0.15) is 33.1 Å². The van der Waals surface area contributed by atoms with E-state index < -0.39 is 12.1 Å². The summed E-state index contributed by atoms with van der Waals surface area (Å²) in [5.41, 5.74) is 0. The molecule has 20 heavy (non-hydrogen) atoms. The molecule has 0 amide bonds. The van der Waals surface area contributed by atoms with Gasteiger partial charge in [0.05, 0.1) is 0 Å². The fourth-order valence-electron chi connectivity index (χ4n) is 1.89. The summed E-state index contributed by atoms with van der Waals surface area (Å²) < 4.78 is 31.7. The third kappa shape index (κ3) is 9.14. The Morgan fingerprint density at radius 2 is 1.80 bits per heavy atom. The van der Waals surface area contributed by atoms with E-state index in [1.165, 1.54) is 38.9 Å². The van der Waals surface area contributed by atoms with E-state index in [1.54, 1.807) is 0 Å². The standard InChI is InChI=1S/C11H24N2.C2HF3O2/c1-10(2)6-9-13(3)11-4-7-12-8-5-11;3-2(4,5)1(6)7/h10-12H,4-9H2,1-3H3;(H,6,7). The zero-order valence-electron chi connectivity index (χ0n) is 12.3. The Morgan fingerprint density at radius 3 is 2.15 bits per heavy atom. The first-order valence-electron chi connectivity index (χ1n) is 6.85. The van der Waals surface area contributed by atoms with Gasteiger partial charge in [-0.25, -0.2) is 4.79 Å². The van der Waals surface area contributed by atoms with Crippen LogP contribution >= 0.6 is 0 Å². The molecule has 4 nitrogen and oxygen atoms in total. The number of aliphatic carboxylic acids is 1. The van der Waals surface area contributed by atoms with Gasteiger partial charge in [-0.05, 0) is 51.9 Å². The molecule has 1 aliphatic heterocycles. The fourth-order valence-corrected chi connectivity index (χ4v) is 1.89. The number of alkyl halides is 3. The molecule has 0 atom stereocenters. The van der Waals surface area contributed by atoms with Gasteiger partial charge in [0.15, 0.2) is 0 Å². The zero-order valence-corrected chi connectivity index (χ0v) is 12.3. The fraction of sp³-hybridized carbons (Fsp3) is 0.923. The van der Waals surface area contributed by atoms with Crippen molar-refractivity contribution in [2.75, 3.05) is 26.7 Å². The molecular weight excluding hydrogens is 273 g/mol. The van der Waals surface area contributed by atoms with Crippen LogP contribution in [0.15, 0.2) is 0 Å². The van der Waals surface area contributed by atoms with Gasteiger partial charge in [-0.2, -0.15) is 13.2 Å². The van der Waals surface area contributed by atoms with Crippen LogP contribution in [-0.2, 0) is 4.79 Å². The van der Waals surface area contributed by atoms with E-state index >= 15 is 0 Å². The van der Waals surface area contributed by atoms with Crippen LogP contribution in [0.2, 0.25) is 0 Å². The van der Waals surface area contributed by atoms with Gasteiger partial charge in [0.1, 0.15) is 0 Å². The second-order valence-electron chi connectivity index (χ2n) is 5.45. The maximum absolute atomic E-state index is 10.6. The predicted molar refractivity (Wildman–Crippen MR) is 71.7 cm³/mol. The molecule has 1 heterocycles. The highest BCUT2D eigenvalue weighted by Crippen LogP contribution is 2.13. The van der Waals surface area contributed by atoms with Gasteiger partial charge in [-0.3, -0.25) is 0 Å². The van der Waals surface area contributed by atoms with Crippen molar-refractivity contribution in [2.24, 2.45) is 5.92 Å². The van der Waals surface area contributed by atoms with E-state index in [-0.39, 0.29) is 0 Å². The number of nitrogens with zero attached hydrogens (tertiary/aromatic N) is 1. The third-order valence-corrected chi connectivity index (χ3v) is 3.23. The zero-order chi connectivity index (χ0) is 15.8. The maximum atomic E-state index is 10.6. The van der Waals surface area contributed by atoms with Crippen molar-refractivity contribution in [3.63, 3.8) is 0 Å². The summed E-state index contributed by atoms with van der Waals surface area (Å²) >= 11 is 0. The molecule has 0 aromatic heterocycles. The molecule has 0 aliphatic carbocycles. The number of carbonyl (C=O) groups is 1. The summed E-state index contributed by atoms with van der Waals surface area (Å²) in [5, 5.41) is 10.5. The molecule has 120 valence electrons. The number of nitrogens with one attached hydrogen (secondary N) is 1. The van der Waals surface area contributed by atoms with E-state index in [1.807, 2.05) is 0 Å². The van der Waals surface area contributed by atoms with Crippen LogP contribution in [0.4, 0.5) is 13.2 Å². The smallest absolute Gasteiger partial charge is 0.475 e. The highest BCUT2D eigenvalue weighted by Gasteiger charge is 2.38. The molecule has 1 aliphatic rings. The van der Waals surface area contributed by atoms with Crippen molar-refractivity contribution in [3.8, 4) is 0 Å². The molecule has 0 saturated carbocycles. The summed E-state index contributed by atoms with van der Waals surface area (Å²) in [4.78, 5) is 11.4. The Bertz CT molecular complexity index is 277. The van der Waals surface area contributed by atoms with E-state index in [0.717, 1.165) is 12.0 Å². The summed E-state index contributed by atoms with van der Waals surface area (Å²) in [6, 6.07) is 0.833. The second-order valence-corrected chi connectivity index (χ2v) is 5.45. The summed E-state index contributed by atoms with van der Waals surface area (Å²) in [5.74, 6) is -1.92. The van der Waals surface area contributed by atoms with Gasteiger partial charge in [-0.1, -0.05) is 13.8 Å². The monoisotopic (exact) mass is 298 g/mol. The Hall–Kier alpha value is -0.820. The Balaban J connectivity index is 0.000000441. The lowest BCUT2D eigenvalue weighted by Crippen LogP contribution is -2.41. The number of rotatable bonds is 4. The largest absolute Gasteiger partial charge is 0.490 e. The van der Waals surface area contributed by atoms with E-state index in [4.69, 9.17) is 9.90 Å². The minimum atomic E-state index is -5.08. The maximum Gasteiger partial charge on any atom is 0.490 e. The van der Waals surface area contributed by atoms with Gasteiger partial charge < -0.3 is 15.3 Å². The Morgan fingerprint density at radius 1 is 1.35 bits per heavy atom. The molecule has 2 N–H and O–H groups in total. The Labute approximate surface area is 118 Å². The number of carboxylic acid groups (broad SMARTS) is 1. The molecule has 7 heteroatoms. The van der Waals surface area contributed by atoms with Crippen molar-refractivity contribution in [2.45, 2.75) is 45.3 Å². The van der Waals surface area contributed by atoms with Crippen LogP contribution in [-0.4, -0.2) is 54.9 Å². The molecule has 1 saturated heterocycles. The SMILES string of the molecule is CC(C)CCN(C)C1CCNCC1.O=C(O)C(F)(F)F. The quantitative estimate of drug-likeness (QED) is 0.836. The number of hydrogen-bond acceptors (Lipinski definition) is 3. The molecule has 0 aromatic carbocycles. The summed E-state index contributed by atoms with van der Waals surface area (Å²) in [7, 11) is 2.28. The highest BCUT2D eigenvalue weighted by molar-refractivity contribution is 5.73. The van der Waals surface area contributed by atoms with E-state index in [2.05, 4.69) is 31.1 Å². The first kappa shape index (κ1) is 19.2. The highest BCUT2D eigenvalue weighted by atomic mass is 19.4. The van der Waals surface area contributed by atoms with E-state index in [0.29, 0.717) is 0 Å². The van der Waals surface area contributed by atoms with Crippen LogP contribution in [0.5, 0.6) is 0 Å². The van der Waals surface area contributed by atoms with Gasteiger partial charge >= 0.3 is 12.1 Å². The van der Waals surface area contributed by atoms with Crippen molar-refractivity contribution in [1.82, 2.24) is 10.2 Å². The summed E-state index contributed by atoms with van der Waals surface area (Å²) in [6.07, 6.45) is -1.09. The van der Waals surface area contributed by atoms with Crippen molar-refractivity contribution < 1.29 is 23.1 Å². The number of piperidine rings is 1. The minimum absolute atomic E-state index is 0.833. The number of hydrogen-bond donors (Lipinski definition) is 2. The van der Waals surface area contributed by atoms with Gasteiger partial charge in [0.2, 0.25) is 0 Å². The van der Waals surface area contributed by atoms with E-state index in [9.17, 15) is 13.2 Å². The van der Waals surface area contributed by atoms with Crippen LogP contribution in [0, 0.1) is 5.92 Å². The summed E-state index contributed by atoms with van der Waals surface area (Å²) in [6.45, 7) is 8.28. The molecule has 0 spiro atoms. The normalized spacial score (nSPS) is 17.0. The lowest BCUT2D eigenvalue weighted by atomic mass is 10.0. The van der Waals surface area contributed by atoms with Crippen LogP contribution in [0.25, 0.3) is 0 Å². The molecular formula is C13H25F3N2O2. The van der Waals surface area contributed by atoms with Crippen molar-refractivity contribution >= 4 is 5.97 Å². The average Bonchev–Trinajstić information content (AvgIpc) is 2.36. The first-order chi connectivity index (χ1) is 9.14. The lowest BCUT2D eigenvalue weighted by molar-refractivity contribution is -0.192.